The lowest BCUT2D eigenvalue weighted by Gasteiger charge is -2.15. The van der Waals surface area contributed by atoms with Crippen LogP contribution in [-0.2, 0) is 11.2 Å². The molecule has 1 unspecified atom stereocenters. The molecule has 0 aliphatic heterocycles. The molecule has 4 nitrogen and oxygen atoms in total. The molecule has 0 radical (unpaired) electrons. The summed E-state index contributed by atoms with van der Waals surface area (Å²) in [7, 11) is 1.60. The summed E-state index contributed by atoms with van der Waals surface area (Å²) in [4.78, 5) is 0. The van der Waals surface area contributed by atoms with Crippen LogP contribution in [0.1, 0.15) is 30.2 Å². The molecule has 1 atom stereocenters. The van der Waals surface area contributed by atoms with Crippen molar-refractivity contribution in [2.45, 2.75) is 32.2 Å². The summed E-state index contributed by atoms with van der Waals surface area (Å²) in [6.45, 7) is -7.13. The molecule has 0 amide bonds. The van der Waals surface area contributed by atoms with E-state index >= 15 is 0 Å². The third kappa shape index (κ3) is 7.15. The minimum absolute atomic E-state index is 0.380. The molecule has 0 heterocycles. The Labute approximate surface area is 127 Å². The van der Waals surface area contributed by atoms with Gasteiger partial charge < -0.3 is 19.9 Å². The second-order valence-corrected chi connectivity index (χ2v) is 3.97. The first-order valence-electron chi connectivity index (χ1n) is 9.90. The Hall–Kier alpha value is -1.10. The first-order chi connectivity index (χ1) is 12.2. The van der Waals surface area contributed by atoms with Crippen LogP contribution < -0.4 is 10.1 Å². The van der Waals surface area contributed by atoms with Crippen LogP contribution in [-0.4, -0.2) is 44.1 Å². The van der Waals surface area contributed by atoms with E-state index < -0.39 is 39.0 Å². The Morgan fingerprint density at radius 2 is 2.11 bits per heavy atom. The summed E-state index contributed by atoms with van der Waals surface area (Å²) < 4.78 is 69.7. The Morgan fingerprint density at radius 3 is 2.74 bits per heavy atom. The van der Waals surface area contributed by atoms with Crippen molar-refractivity contribution in [3.63, 3.8) is 0 Å². The number of nitrogens with one attached hydrogen (secondary N) is 1. The summed E-state index contributed by atoms with van der Waals surface area (Å²) in [5.41, 5.74) is 1.02. The van der Waals surface area contributed by atoms with Crippen molar-refractivity contribution in [3.8, 4) is 5.75 Å². The van der Waals surface area contributed by atoms with Crippen LogP contribution >= 0.6 is 0 Å². The largest absolute Gasteiger partial charge is 0.491 e. The zero-order valence-corrected chi connectivity index (χ0v) is 10.9. The van der Waals surface area contributed by atoms with E-state index in [-0.39, 0.29) is 0 Å². The van der Waals surface area contributed by atoms with E-state index in [4.69, 9.17) is 20.4 Å². The molecule has 2 N–H and O–H groups in total. The molecule has 0 bridgehead atoms. The molecule has 1 aromatic rings. The van der Waals surface area contributed by atoms with Crippen molar-refractivity contribution in [3.05, 3.63) is 29.8 Å². The van der Waals surface area contributed by atoms with Crippen molar-refractivity contribution < 1.29 is 25.5 Å². The van der Waals surface area contributed by atoms with Gasteiger partial charge in [0, 0.05) is 29.3 Å². The molecule has 0 aliphatic rings. The summed E-state index contributed by atoms with van der Waals surface area (Å²) >= 11 is 0. The van der Waals surface area contributed by atoms with Gasteiger partial charge >= 0.3 is 0 Å². The Morgan fingerprint density at radius 1 is 1.37 bits per heavy atom. The van der Waals surface area contributed by atoms with E-state index in [0.29, 0.717) is 12.4 Å². The second-order valence-electron chi connectivity index (χ2n) is 3.97. The van der Waals surface area contributed by atoms with Crippen molar-refractivity contribution in [2.75, 3.05) is 26.9 Å². The first kappa shape index (κ1) is 7.62. The lowest BCUT2D eigenvalue weighted by atomic mass is 10.1. The van der Waals surface area contributed by atoms with Gasteiger partial charge in [0.15, 0.2) is 0 Å². The fourth-order valence-corrected chi connectivity index (χ4v) is 1.38. The van der Waals surface area contributed by atoms with Crippen molar-refractivity contribution >= 4 is 0 Å². The maximum absolute atomic E-state index is 10.1. The highest BCUT2D eigenvalue weighted by molar-refractivity contribution is 5.27. The monoisotopic (exact) mass is 275 g/mol. The molecule has 19 heavy (non-hydrogen) atoms. The minimum atomic E-state index is -3.19. The van der Waals surface area contributed by atoms with Gasteiger partial charge in [-0.1, -0.05) is 25.8 Å². The second kappa shape index (κ2) is 8.91. The van der Waals surface area contributed by atoms with Gasteiger partial charge in [-0.05, 0) is 24.1 Å². The fraction of sp³-hybridized carbons (Fsp3) is 0.600. The van der Waals surface area contributed by atoms with Gasteiger partial charge in [-0.3, -0.25) is 0 Å². The Kier molecular flexibility index (Phi) is 3.57. The van der Waals surface area contributed by atoms with Gasteiger partial charge in [-0.2, -0.15) is 0 Å². The number of rotatable bonds is 9. The SMILES string of the molecule is [2H]C(O)(CNC([2H])(C([2H])([2H])[2H])C([2H])([2H])[2H])COc1ccc(CCOC)cc1. The molecular weight excluding hydrogens is 242 g/mol. The molecule has 0 aromatic heterocycles. The van der Waals surface area contributed by atoms with Crippen molar-refractivity contribution in [1.29, 1.82) is 0 Å². The van der Waals surface area contributed by atoms with Crippen LogP contribution in [0, 0.1) is 0 Å². The molecular formula is C15H25NO3. The molecule has 108 valence electrons. The summed E-state index contributed by atoms with van der Waals surface area (Å²) in [6, 6.07) is 3.88. The van der Waals surface area contributed by atoms with Crippen LogP contribution in [0.4, 0.5) is 0 Å². The third-order valence-electron chi connectivity index (χ3n) is 2.39. The quantitative estimate of drug-likeness (QED) is 0.719. The smallest absolute Gasteiger partial charge is 0.119 e. The number of aliphatic hydroxyl groups is 1. The Bertz CT molecular complexity index is 572. The van der Waals surface area contributed by atoms with Crippen LogP contribution in [0.3, 0.4) is 0 Å². The predicted octanol–water partition coefficient (Wildman–Crippen LogP) is 1.61. The van der Waals surface area contributed by atoms with E-state index in [1.54, 1.807) is 31.4 Å². The molecule has 4 heteroatoms. The van der Waals surface area contributed by atoms with Crippen LogP contribution in [0.25, 0.3) is 0 Å². The molecule has 1 rings (SSSR count). The third-order valence-corrected chi connectivity index (χ3v) is 2.39. The van der Waals surface area contributed by atoms with Gasteiger partial charge in [0.1, 0.15) is 18.4 Å². The molecule has 0 fully saturated rings. The lowest BCUT2D eigenvalue weighted by Crippen LogP contribution is -2.35. The van der Waals surface area contributed by atoms with Crippen molar-refractivity contribution in [2.24, 2.45) is 0 Å². The molecule has 0 saturated carbocycles. The van der Waals surface area contributed by atoms with Crippen LogP contribution in [0.5, 0.6) is 5.75 Å². The zero-order chi connectivity index (χ0) is 20.9. The predicted molar refractivity (Wildman–Crippen MR) is 76.7 cm³/mol. The highest BCUT2D eigenvalue weighted by Gasteiger charge is 2.05. The lowest BCUT2D eigenvalue weighted by molar-refractivity contribution is 0.104. The summed E-state index contributed by atoms with van der Waals surface area (Å²) in [5, 5.41) is 12.0. The normalized spacial score (nSPS) is 22.4. The average molecular weight is 275 g/mol. The van der Waals surface area contributed by atoms with Gasteiger partial charge in [0.25, 0.3) is 0 Å². The van der Waals surface area contributed by atoms with Gasteiger partial charge in [-0.15, -0.1) is 0 Å². The van der Waals surface area contributed by atoms with Crippen molar-refractivity contribution in [1.82, 2.24) is 5.32 Å². The van der Waals surface area contributed by atoms with Crippen LogP contribution in [0.2, 0.25) is 0 Å². The van der Waals surface area contributed by atoms with Gasteiger partial charge in [0.05, 0.1) is 7.98 Å². The highest BCUT2D eigenvalue weighted by Crippen LogP contribution is 2.12. The summed E-state index contributed by atoms with van der Waals surface area (Å²) in [6.07, 6.45) is -1.61. The van der Waals surface area contributed by atoms with Gasteiger partial charge in [-0.25, -0.2) is 0 Å². The maximum atomic E-state index is 10.1. The standard InChI is InChI=1S/C15H25NO3/c1-12(2)16-10-14(17)11-19-15-6-4-13(5-7-15)8-9-18-3/h4-7,12,14,16-17H,8-11H2,1-3H3/i1D3,2D3,12D,14D. The van der Waals surface area contributed by atoms with E-state index in [9.17, 15) is 5.11 Å². The maximum Gasteiger partial charge on any atom is 0.119 e. The average Bonchev–Trinajstić information content (AvgIpc) is 2.55. The first-order valence-corrected chi connectivity index (χ1v) is 5.90. The molecule has 0 aliphatic carbocycles. The highest BCUT2D eigenvalue weighted by atomic mass is 16.5. The number of benzene rings is 1. The Balaban J connectivity index is 2.67. The van der Waals surface area contributed by atoms with Crippen LogP contribution in [0.15, 0.2) is 24.3 Å². The van der Waals surface area contributed by atoms with E-state index in [1.165, 1.54) is 0 Å². The van der Waals surface area contributed by atoms with E-state index in [2.05, 4.69) is 0 Å². The molecule has 0 saturated heterocycles. The fourth-order valence-electron chi connectivity index (χ4n) is 1.38. The molecule has 1 aromatic carbocycles. The van der Waals surface area contributed by atoms with E-state index in [0.717, 1.165) is 12.0 Å². The number of ether oxygens (including phenoxy) is 2. The number of hydrogen-bond acceptors (Lipinski definition) is 4. The summed E-state index contributed by atoms with van der Waals surface area (Å²) in [5.74, 6) is 0.380. The number of methoxy groups -OCH3 is 1. The van der Waals surface area contributed by atoms with E-state index in [1.807, 2.05) is 5.32 Å². The molecule has 0 spiro atoms. The van der Waals surface area contributed by atoms with Gasteiger partial charge in [0.2, 0.25) is 0 Å². The zero-order valence-electron chi connectivity index (χ0n) is 18.9. The topological polar surface area (TPSA) is 50.7 Å². The minimum Gasteiger partial charge on any atom is -0.491 e. The number of hydrogen-bond donors (Lipinski definition) is 2.